The number of aryl methyl sites for hydroxylation is 1. The van der Waals surface area contributed by atoms with Crippen LogP contribution in [0.4, 0.5) is 11.5 Å². The van der Waals surface area contributed by atoms with Gasteiger partial charge in [0, 0.05) is 31.0 Å². The highest BCUT2D eigenvalue weighted by Crippen LogP contribution is 2.20. The van der Waals surface area contributed by atoms with Gasteiger partial charge in [-0.2, -0.15) is 0 Å². The fourth-order valence-electron chi connectivity index (χ4n) is 1.82. The summed E-state index contributed by atoms with van der Waals surface area (Å²) < 4.78 is 0. The molecule has 0 amide bonds. The number of rotatable bonds is 1. The maximum atomic E-state index is 5.86. The van der Waals surface area contributed by atoms with Crippen molar-refractivity contribution in [3.8, 4) is 0 Å². The van der Waals surface area contributed by atoms with Crippen LogP contribution in [-0.4, -0.2) is 18.1 Å². The van der Waals surface area contributed by atoms with Gasteiger partial charge in [0.15, 0.2) is 0 Å². The second-order valence-electron chi connectivity index (χ2n) is 3.95. The van der Waals surface area contributed by atoms with E-state index in [1.807, 2.05) is 19.2 Å². The van der Waals surface area contributed by atoms with E-state index in [0.717, 1.165) is 30.2 Å². The summed E-state index contributed by atoms with van der Waals surface area (Å²) in [5.41, 5.74) is 7.77. The number of pyridine rings is 1. The Bertz CT molecular complexity index is 316. The molecule has 0 aromatic carbocycles. The molecule has 1 saturated heterocycles. The Kier molecular flexibility index (Phi) is 2.57. The third-order valence-corrected chi connectivity index (χ3v) is 2.81. The van der Waals surface area contributed by atoms with Crippen molar-refractivity contribution in [2.75, 3.05) is 23.7 Å². The Morgan fingerprint density at radius 1 is 1.29 bits per heavy atom. The summed E-state index contributed by atoms with van der Waals surface area (Å²) in [7, 11) is 0. The lowest BCUT2D eigenvalue weighted by Crippen LogP contribution is -2.30. The maximum absolute atomic E-state index is 5.86. The summed E-state index contributed by atoms with van der Waals surface area (Å²) in [6.45, 7) is 4.23. The summed E-state index contributed by atoms with van der Waals surface area (Å²) in [5, 5.41) is 0. The number of nitrogens with zero attached hydrogens (tertiary/aromatic N) is 2. The molecule has 1 aromatic heterocycles. The average Bonchev–Trinajstić information content (AvgIpc) is 2.23. The van der Waals surface area contributed by atoms with Crippen LogP contribution in [0.15, 0.2) is 12.3 Å². The Morgan fingerprint density at radius 3 is 2.64 bits per heavy atom. The van der Waals surface area contributed by atoms with Crippen molar-refractivity contribution in [2.24, 2.45) is 0 Å². The van der Waals surface area contributed by atoms with Crippen LogP contribution in [0.5, 0.6) is 0 Å². The molecular weight excluding hydrogens is 174 g/mol. The van der Waals surface area contributed by atoms with E-state index in [-0.39, 0.29) is 0 Å². The van der Waals surface area contributed by atoms with Gasteiger partial charge in [0.25, 0.3) is 0 Å². The van der Waals surface area contributed by atoms with Crippen LogP contribution >= 0.6 is 0 Å². The molecule has 0 bridgehead atoms. The highest BCUT2D eigenvalue weighted by Gasteiger charge is 2.12. The molecule has 2 N–H and O–H groups in total. The molecular formula is C11H17N3. The first-order valence-electron chi connectivity index (χ1n) is 5.24. The molecule has 3 nitrogen and oxygen atoms in total. The van der Waals surface area contributed by atoms with Crippen LogP contribution < -0.4 is 10.6 Å². The topological polar surface area (TPSA) is 42.2 Å². The molecule has 2 heterocycles. The van der Waals surface area contributed by atoms with Crippen LogP contribution in [-0.2, 0) is 0 Å². The third kappa shape index (κ3) is 1.81. The summed E-state index contributed by atoms with van der Waals surface area (Å²) in [6, 6.07) is 1.99. The molecule has 0 spiro atoms. The van der Waals surface area contributed by atoms with Crippen molar-refractivity contribution >= 4 is 11.5 Å². The quantitative estimate of drug-likeness (QED) is 0.738. The molecule has 0 unspecified atom stereocenters. The molecule has 1 aliphatic rings. The minimum atomic E-state index is 0.848. The van der Waals surface area contributed by atoms with E-state index in [2.05, 4.69) is 9.88 Å². The minimum absolute atomic E-state index is 0.848. The zero-order valence-electron chi connectivity index (χ0n) is 8.66. The number of anilines is 2. The number of nitrogen functional groups attached to an aromatic ring is 1. The van der Waals surface area contributed by atoms with Gasteiger partial charge < -0.3 is 10.6 Å². The number of hydrogen-bond donors (Lipinski definition) is 1. The van der Waals surface area contributed by atoms with Gasteiger partial charge in [-0.15, -0.1) is 0 Å². The second kappa shape index (κ2) is 3.86. The average molecular weight is 191 g/mol. The van der Waals surface area contributed by atoms with Crippen molar-refractivity contribution in [3.63, 3.8) is 0 Å². The van der Waals surface area contributed by atoms with E-state index in [1.165, 1.54) is 19.3 Å². The van der Waals surface area contributed by atoms with Gasteiger partial charge in [0.1, 0.15) is 5.82 Å². The Labute approximate surface area is 84.9 Å². The third-order valence-electron chi connectivity index (χ3n) is 2.81. The van der Waals surface area contributed by atoms with E-state index < -0.39 is 0 Å². The first-order chi connectivity index (χ1) is 6.77. The zero-order chi connectivity index (χ0) is 9.97. The smallest absolute Gasteiger partial charge is 0.130 e. The van der Waals surface area contributed by atoms with Gasteiger partial charge in [-0.1, -0.05) is 0 Å². The monoisotopic (exact) mass is 191 g/mol. The van der Waals surface area contributed by atoms with Crippen molar-refractivity contribution < 1.29 is 0 Å². The molecule has 0 radical (unpaired) electrons. The molecule has 1 aromatic rings. The number of hydrogen-bond acceptors (Lipinski definition) is 3. The predicted octanol–water partition coefficient (Wildman–Crippen LogP) is 1.96. The van der Waals surface area contributed by atoms with Crippen molar-refractivity contribution in [1.82, 2.24) is 4.98 Å². The maximum Gasteiger partial charge on any atom is 0.130 e. The van der Waals surface area contributed by atoms with Gasteiger partial charge in [-0.3, -0.25) is 0 Å². The Morgan fingerprint density at radius 2 is 2.00 bits per heavy atom. The highest BCUT2D eigenvalue weighted by atomic mass is 15.2. The number of aromatic nitrogens is 1. The molecule has 3 heteroatoms. The fourth-order valence-corrected chi connectivity index (χ4v) is 1.82. The van der Waals surface area contributed by atoms with Crippen LogP contribution in [0.1, 0.15) is 24.8 Å². The predicted molar refractivity (Wildman–Crippen MR) is 59.5 cm³/mol. The molecule has 2 rings (SSSR count). The van der Waals surface area contributed by atoms with E-state index in [0.29, 0.717) is 0 Å². The Balaban J connectivity index is 2.18. The first-order valence-corrected chi connectivity index (χ1v) is 5.24. The summed E-state index contributed by atoms with van der Waals surface area (Å²) in [4.78, 5) is 6.73. The van der Waals surface area contributed by atoms with Crippen molar-refractivity contribution in [2.45, 2.75) is 26.2 Å². The largest absolute Gasteiger partial charge is 0.398 e. The number of nitrogens with two attached hydrogens (primary N) is 1. The Hall–Kier alpha value is -1.25. The minimum Gasteiger partial charge on any atom is -0.398 e. The summed E-state index contributed by atoms with van der Waals surface area (Å²) >= 11 is 0. The molecule has 1 aliphatic heterocycles. The van der Waals surface area contributed by atoms with Crippen LogP contribution in [0.25, 0.3) is 0 Å². The van der Waals surface area contributed by atoms with Crippen LogP contribution in [0.2, 0.25) is 0 Å². The molecule has 0 atom stereocenters. The standard InChI is InChI=1S/C11H17N3/c1-9-8-13-11(7-10(9)12)14-5-3-2-4-6-14/h7-8H,2-6H2,1H3,(H2,12,13). The van der Waals surface area contributed by atoms with E-state index in [9.17, 15) is 0 Å². The first kappa shape index (κ1) is 9.31. The normalized spacial score (nSPS) is 17.1. The van der Waals surface area contributed by atoms with Gasteiger partial charge in [0.05, 0.1) is 0 Å². The molecule has 0 saturated carbocycles. The highest BCUT2D eigenvalue weighted by molar-refractivity contribution is 5.54. The van der Waals surface area contributed by atoms with E-state index in [1.54, 1.807) is 0 Å². The SMILES string of the molecule is Cc1cnc(N2CCCCC2)cc1N. The second-order valence-corrected chi connectivity index (χ2v) is 3.95. The summed E-state index contributed by atoms with van der Waals surface area (Å²) in [5.74, 6) is 1.04. The van der Waals surface area contributed by atoms with Gasteiger partial charge in [-0.05, 0) is 31.7 Å². The molecule has 76 valence electrons. The summed E-state index contributed by atoms with van der Waals surface area (Å²) in [6.07, 6.45) is 5.75. The van der Waals surface area contributed by atoms with Gasteiger partial charge in [-0.25, -0.2) is 4.98 Å². The lowest BCUT2D eigenvalue weighted by molar-refractivity contribution is 0.573. The zero-order valence-corrected chi connectivity index (χ0v) is 8.66. The van der Waals surface area contributed by atoms with Gasteiger partial charge >= 0.3 is 0 Å². The van der Waals surface area contributed by atoms with Crippen molar-refractivity contribution in [3.05, 3.63) is 17.8 Å². The van der Waals surface area contributed by atoms with Crippen LogP contribution in [0, 0.1) is 6.92 Å². The van der Waals surface area contributed by atoms with E-state index in [4.69, 9.17) is 5.73 Å². The molecule has 0 aliphatic carbocycles. The van der Waals surface area contributed by atoms with E-state index >= 15 is 0 Å². The number of piperidine rings is 1. The lowest BCUT2D eigenvalue weighted by atomic mass is 10.1. The van der Waals surface area contributed by atoms with Crippen LogP contribution in [0.3, 0.4) is 0 Å². The lowest BCUT2D eigenvalue weighted by Gasteiger charge is -2.27. The van der Waals surface area contributed by atoms with Crippen molar-refractivity contribution in [1.29, 1.82) is 0 Å². The van der Waals surface area contributed by atoms with Gasteiger partial charge in [0.2, 0.25) is 0 Å². The fraction of sp³-hybridized carbons (Fsp3) is 0.545. The molecule has 1 fully saturated rings. The molecule has 14 heavy (non-hydrogen) atoms.